The number of imidazole rings is 1. The van der Waals surface area contributed by atoms with Gasteiger partial charge in [-0.25, -0.2) is 9.37 Å². The van der Waals surface area contributed by atoms with Crippen LogP contribution in [0.3, 0.4) is 0 Å². The smallest absolute Gasteiger partial charge is 0.220 e. The van der Waals surface area contributed by atoms with Gasteiger partial charge < -0.3 is 15.0 Å². The highest BCUT2D eigenvalue weighted by Gasteiger charge is 2.18. The number of carbonyl (C=O) groups excluding carboxylic acids is 1. The number of halogens is 1. The van der Waals surface area contributed by atoms with E-state index in [1.165, 1.54) is 12.1 Å². The number of hydrogen-bond acceptors (Lipinski definition) is 3. The number of carbonyl (C=O) groups is 1. The van der Waals surface area contributed by atoms with Crippen molar-refractivity contribution in [1.29, 1.82) is 0 Å². The molecule has 1 atom stereocenters. The Morgan fingerprint density at radius 1 is 1.50 bits per heavy atom. The number of nitrogens with zero attached hydrogens (tertiary/aromatic N) is 1. The molecule has 1 fully saturated rings. The number of amides is 1. The van der Waals surface area contributed by atoms with Crippen LogP contribution < -0.4 is 5.32 Å². The van der Waals surface area contributed by atoms with Gasteiger partial charge in [-0.15, -0.1) is 0 Å². The molecule has 3 rings (SSSR count). The van der Waals surface area contributed by atoms with Gasteiger partial charge in [-0.3, -0.25) is 4.79 Å². The molecule has 2 N–H and O–H groups in total. The number of H-pyrrole nitrogens is 1. The Kier molecular flexibility index (Phi) is 4.68. The number of ether oxygens (including phenoxy) is 1. The van der Waals surface area contributed by atoms with Gasteiger partial charge in [0.25, 0.3) is 0 Å². The van der Waals surface area contributed by atoms with Crippen LogP contribution in [-0.2, 0) is 16.0 Å². The predicted molar refractivity (Wildman–Crippen MR) is 80.9 cm³/mol. The lowest BCUT2D eigenvalue weighted by atomic mass is 10.0. The van der Waals surface area contributed by atoms with Crippen LogP contribution >= 0.6 is 0 Å². The first kappa shape index (κ1) is 15.0. The van der Waals surface area contributed by atoms with Gasteiger partial charge in [0, 0.05) is 32.6 Å². The van der Waals surface area contributed by atoms with Crippen molar-refractivity contribution >= 4 is 16.9 Å². The fourth-order valence-corrected chi connectivity index (χ4v) is 2.72. The van der Waals surface area contributed by atoms with Crippen LogP contribution in [0.5, 0.6) is 0 Å². The summed E-state index contributed by atoms with van der Waals surface area (Å²) in [5.74, 6) is 0.998. The highest BCUT2D eigenvalue weighted by atomic mass is 19.1. The fourth-order valence-electron chi connectivity index (χ4n) is 2.72. The SMILES string of the molecule is O=C(CC1CCOC1)NCCCc1nc2ccc(F)cc2[nH]1. The highest BCUT2D eigenvalue weighted by molar-refractivity contribution is 5.76. The van der Waals surface area contributed by atoms with Crippen molar-refractivity contribution in [2.45, 2.75) is 25.7 Å². The molecule has 1 saturated heterocycles. The third-order valence-electron chi connectivity index (χ3n) is 3.90. The van der Waals surface area contributed by atoms with Crippen LogP contribution in [0.2, 0.25) is 0 Å². The van der Waals surface area contributed by atoms with E-state index in [0.717, 1.165) is 37.2 Å². The molecule has 118 valence electrons. The van der Waals surface area contributed by atoms with E-state index in [0.29, 0.717) is 31.0 Å². The molecule has 1 aromatic heterocycles. The van der Waals surface area contributed by atoms with Crippen LogP contribution in [0.1, 0.15) is 25.1 Å². The molecule has 1 aliphatic heterocycles. The Hall–Kier alpha value is -1.95. The number of benzene rings is 1. The van der Waals surface area contributed by atoms with Crippen LogP contribution in [0.4, 0.5) is 4.39 Å². The number of nitrogens with one attached hydrogen (secondary N) is 2. The molecule has 6 heteroatoms. The van der Waals surface area contributed by atoms with Gasteiger partial charge in [0.1, 0.15) is 11.6 Å². The molecular weight excluding hydrogens is 285 g/mol. The van der Waals surface area contributed by atoms with E-state index >= 15 is 0 Å². The second-order valence-electron chi connectivity index (χ2n) is 5.73. The molecule has 2 aromatic rings. The van der Waals surface area contributed by atoms with Gasteiger partial charge >= 0.3 is 0 Å². The summed E-state index contributed by atoms with van der Waals surface area (Å²) < 4.78 is 18.4. The molecule has 5 nitrogen and oxygen atoms in total. The highest BCUT2D eigenvalue weighted by Crippen LogP contribution is 2.16. The standard InChI is InChI=1S/C16H20FN3O2/c17-12-3-4-13-14(9-12)20-15(19-13)2-1-6-18-16(21)8-11-5-7-22-10-11/h3-4,9,11H,1-2,5-8,10H2,(H,18,21)(H,19,20). The van der Waals surface area contributed by atoms with Crippen LogP contribution in [0.25, 0.3) is 11.0 Å². The third kappa shape index (κ3) is 3.82. The van der Waals surface area contributed by atoms with E-state index in [-0.39, 0.29) is 11.7 Å². The minimum Gasteiger partial charge on any atom is -0.381 e. The van der Waals surface area contributed by atoms with Crippen molar-refractivity contribution in [3.8, 4) is 0 Å². The van der Waals surface area contributed by atoms with Crippen LogP contribution in [0.15, 0.2) is 18.2 Å². The Morgan fingerprint density at radius 3 is 3.23 bits per heavy atom. The van der Waals surface area contributed by atoms with Crippen LogP contribution in [0, 0.1) is 11.7 Å². The molecule has 0 radical (unpaired) electrons. The Bertz CT molecular complexity index is 650. The minimum atomic E-state index is -0.272. The van der Waals surface area contributed by atoms with Crippen molar-refractivity contribution in [3.05, 3.63) is 29.8 Å². The first-order chi connectivity index (χ1) is 10.7. The van der Waals surface area contributed by atoms with Gasteiger partial charge in [0.15, 0.2) is 0 Å². The monoisotopic (exact) mass is 305 g/mol. The molecule has 0 spiro atoms. The lowest BCUT2D eigenvalue weighted by molar-refractivity contribution is -0.122. The molecule has 0 aliphatic carbocycles. The number of aromatic amines is 1. The second kappa shape index (κ2) is 6.87. The van der Waals surface area contributed by atoms with Crippen molar-refractivity contribution < 1.29 is 13.9 Å². The number of hydrogen-bond donors (Lipinski definition) is 2. The van der Waals surface area contributed by atoms with Gasteiger partial charge in [-0.05, 0) is 37.0 Å². The van der Waals surface area contributed by atoms with E-state index in [4.69, 9.17) is 4.74 Å². The summed E-state index contributed by atoms with van der Waals surface area (Å²) in [4.78, 5) is 19.3. The summed E-state index contributed by atoms with van der Waals surface area (Å²) in [6, 6.07) is 4.51. The average Bonchev–Trinajstić information content (AvgIpc) is 3.12. The fraction of sp³-hybridized carbons (Fsp3) is 0.500. The maximum absolute atomic E-state index is 13.1. The van der Waals surface area contributed by atoms with Crippen molar-refractivity contribution in [3.63, 3.8) is 0 Å². The lowest BCUT2D eigenvalue weighted by Gasteiger charge is -2.08. The summed E-state index contributed by atoms with van der Waals surface area (Å²) in [7, 11) is 0. The number of aromatic nitrogens is 2. The van der Waals surface area contributed by atoms with Gasteiger partial charge in [0.05, 0.1) is 11.0 Å². The van der Waals surface area contributed by atoms with Gasteiger partial charge in [0.2, 0.25) is 5.91 Å². The number of rotatable bonds is 6. The number of fused-ring (bicyclic) bond motifs is 1. The van der Waals surface area contributed by atoms with Crippen molar-refractivity contribution in [2.24, 2.45) is 5.92 Å². The molecule has 22 heavy (non-hydrogen) atoms. The molecule has 1 amide bonds. The average molecular weight is 305 g/mol. The van der Waals surface area contributed by atoms with Gasteiger partial charge in [-0.1, -0.05) is 0 Å². The summed E-state index contributed by atoms with van der Waals surface area (Å²) in [5.41, 5.74) is 1.47. The molecule has 1 unspecified atom stereocenters. The second-order valence-corrected chi connectivity index (χ2v) is 5.73. The first-order valence-electron chi connectivity index (χ1n) is 7.69. The van der Waals surface area contributed by atoms with E-state index in [2.05, 4.69) is 15.3 Å². The zero-order valence-electron chi connectivity index (χ0n) is 12.4. The largest absolute Gasteiger partial charge is 0.381 e. The van der Waals surface area contributed by atoms with Crippen molar-refractivity contribution in [2.75, 3.05) is 19.8 Å². The Balaban J connectivity index is 1.41. The number of aryl methyl sites for hydroxylation is 1. The maximum Gasteiger partial charge on any atom is 0.220 e. The normalized spacial score (nSPS) is 18.0. The first-order valence-corrected chi connectivity index (χ1v) is 7.69. The maximum atomic E-state index is 13.1. The van der Waals surface area contributed by atoms with Gasteiger partial charge in [-0.2, -0.15) is 0 Å². The molecule has 2 heterocycles. The zero-order valence-corrected chi connectivity index (χ0v) is 12.4. The predicted octanol–water partition coefficient (Wildman–Crippen LogP) is 2.18. The molecular formula is C16H20FN3O2. The lowest BCUT2D eigenvalue weighted by Crippen LogP contribution is -2.27. The molecule has 1 aliphatic rings. The minimum absolute atomic E-state index is 0.0853. The summed E-state index contributed by atoms with van der Waals surface area (Å²) in [5, 5.41) is 2.93. The third-order valence-corrected chi connectivity index (χ3v) is 3.90. The summed E-state index contributed by atoms with van der Waals surface area (Å²) in [6.45, 7) is 2.09. The Morgan fingerprint density at radius 2 is 2.41 bits per heavy atom. The molecule has 0 bridgehead atoms. The quantitative estimate of drug-likeness (QED) is 0.804. The van der Waals surface area contributed by atoms with E-state index in [1.807, 2.05) is 0 Å². The summed E-state index contributed by atoms with van der Waals surface area (Å²) >= 11 is 0. The molecule has 1 aromatic carbocycles. The van der Waals surface area contributed by atoms with E-state index in [1.54, 1.807) is 6.07 Å². The summed E-state index contributed by atoms with van der Waals surface area (Å²) in [6.07, 6.45) is 3.05. The zero-order chi connectivity index (χ0) is 15.4. The molecule has 0 saturated carbocycles. The van der Waals surface area contributed by atoms with Crippen molar-refractivity contribution in [1.82, 2.24) is 15.3 Å². The van der Waals surface area contributed by atoms with Crippen LogP contribution in [-0.4, -0.2) is 35.6 Å². The Labute approximate surface area is 128 Å². The van der Waals surface area contributed by atoms with E-state index in [9.17, 15) is 9.18 Å². The van der Waals surface area contributed by atoms with E-state index < -0.39 is 0 Å². The topological polar surface area (TPSA) is 67.0 Å².